The first-order chi connectivity index (χ1) is 18.0. The fourth-order valence-corrected chi connectivity index (χ4v) is 4.72. The number of hydrogen-bond donors (Lipinski definition) is 5. The van der Waals surface area contributed by atoms with Crippen molar-refractivity contribution in [1.82, 2.24) is 9.97 Å². The second kappa shape index (κ2) is 10.7. The second-order valence-corrected chi connectivity index (χ2v) is 9.34. The molecule has 0 aliphatic heterocycles. The van der Waals surface area contributed by atoms with Crippen LogP contribution in [0.25, 0.3) is 11.3 Å². The van der Waals surface area contributed by atoms with Crippen LogP contribution in [-0.4, -0.2) is 27.0 Å². The van der Waals surface area contributed by atoms with E-state index in [1.165, 1.54) is 12.1 Å². The lowest BCUT2D eigenvalue weighted by Crippen LogP contribution is -2.21. The first kappa shape index (κ1) is 24.4. The molecule has 3 aromatic carbocycles. The monoisotopic (exact) mass is 499 g/mol. The molecule has 0 bridgehead atoms. The van der Waals surface area contributed by atoms with E-state index in [9.17, 15) is 5.11 Å². The van der Waals surface area contributed by atoms with E-state index >= 15 is 4.39 Å². The molecule has 190 valence electrons. The van der Waals surface area contributed by atoms with Crippen molar-refractivity contribution in [2.75, 3.05) is 5.32 Å². The molecule has 8 heteroatoms. The van der Waals surface area contributed by atoms with Crippen LogP contribution in [0.3, 0.4) is 0 Å². The number of aromatic amines is 1. The van der Waals surface area contributed by atoms with Crippen molar-refractivity contribution in [3.05, 3.63) is 95.7 Å². The Morgan fingerprint density at radius 3 is 2.51 bits per heavy atom. The summed E-state index contributed by atoms with van der Waals surface area (Å²) >= 11 is 0. The van der Waals surface area contributed by atoms with Crippen LogP contribution in [0.1, 0.15) is 55.1 Å². The Bertz CT molecular complexity index is 1370. The number of anilines is 1. The highest BCUT2D eigenvalue weighted by atomic mass is 19.1. The molecule has 5 rings (SSSR count). The van der Waals surface area contributed by atoms with Gasteiger partial charge in [-0.25, -0.2) is 9.37 Å². The highest BCUT2D eigenvalue weighted by Gasteiger charge is 2.26. The minimum Gasteiger partial charge on any atom is -0.508 e. The first-order valence-corrected chi connectivity index (χ1v) is 12.5. The Morgan fingerprint density at radius 2 is 1.81 bits per heavy atom. The van der Waals surface area contributed by atoms with Gasteiger partial charge in [0, 0.05) is 22.9 Å². The van der Waals surface area contributed by atoms with Crippen LogP contribution in [-0.2, 0) is 0 Å². The van der Waals surface area contributed by atoms with Gasteiger partial charge < -0.3 is 25.9 Å². The van der Waals surface area contributed by atoms with E-state index in [0.29, 0.717) is 17.1 Å². The maximum absolute atomic E-state index is 16.0. The Kier molecular flexibility index (Phi) is 7.07. The lowest BCUT2D eigenvalue weighted by atomic mass is 9.97. The summed E-state index contributed by atoms with van der Waals surface area (Å²) in [6.07, 6.45) is 6.63. The van der Waals surface area contributed by atoms with Crippen LogP contribution in [0.5, 0.6) is 11.5 Å². The number of benzene rings is 3. The molecule has 1 unspecified atom stereocenters. The molecule has 1 fully saturated rings. The third kappa shape index (κ3) is 5.58. The van der Waals surface area contributed by atoms with Crippen LogP contribution in [0.2, 0.25) is 0 Å². The molecule has 0 spiro atoms. The number of aromatic nitrogens is 2. The molecule has 0 radical (unpaired) electrons. The summed E-state index contributed by atoms with van der Waals surface area (Å²) in [5.74, 6) is -0.155. The lowest BCUT2D eigenvalue weighted by Gasteiger charge is -2.25. The van der Waals surface area contributed by atoms with Crippen molar-refractivity contribution >= 4 is 11.5 Å². The molecule has 1 atom stereocenters. The number of rotatable bonds is 8. The number of nitrogens with zero attached hydrogens (tertiary/aromatic N) is 1. The minimum absolute atomic E-state index is 0.0369. The van der Waals surface area contributed by atoms with Crippen molar-refractivity contribution in [3.63, 3.8) is 0 Å². The van der Waals surface area contributed by atoms with Crippen LogP contribution < -0.4 is 15.8 Å². The number of aromatic hydroxyl groups is 1. The molecular weight excluding hydrogens is 469 g/mol. The topological polar surface area (TPSA) is 120 Å². The van der Waals surface area contributed by atoms with E-state index in [1.54, 1.807) is 30.5 Å². The average Bonchev–Trinajstić information content (AvgIpc) is 3.41. The quantitative estimate of drug-likeness (QED) is 0.148. The first-order valence-electron chi connectivity index (χ1n) is 12.5. The predicted molar refractivity (Wildman–Crippen MR) is 143 cm³/mol. The molecule has 1 aliphatic rings. The van der Waals surface area contributed by atoms with Gasteiger partial charge in [-0.3, -0.25) is 5.41 Å². The molecular formula is C29H30FN5O2. The van der Waals surface area contributed by atoms with Gasteiger partial charge >= 0.3 is 0 Å². The summed E-state index contributed by atoms with van der Waals surface area (Å²) in [5, 5.41) is 21.5. The van der Waals surface area contributed by atoms with Gasteiger partial charge in [-0.1, -0.05) is 36.8 Å². The van der Waals surface area contributed by atoms with E-state index in [-0.39, 0.29) is 29.0 Å². The zero-order chi connectivity index (χ0) is 25.8. The molecule has 1 aromatic heterocycles. The summed E-state index contributed by atoms with van der Waals surface area (Å²) in [4.78, 5) is 7.87. The van der Waals surface area contributed by atoms with Gasteiger partial charge in [0.05, 0.1) is 18.0 Å². The van der Waals surface area contributed by atoms with E-state index in [0.717, 1.165) is 43.4 Å². The average molecular weight is 500 g/mol. The summed E-state index contributed by atoms with van der Waals surface area (Å²) in [7, 11) is 0. The highest BCUT2D eigenvalue weighted by molar-refractivity contribution is 5.95. The SMILES string of the molecule is N=C(N)c1ccc(NC(c2ncc(-c3ccccc3)[nH]2)c2cc(O)cc(OC3CCCCC3)c2F)cc1. The number of imidazole rings is 1. The van der Waals surface area contributed by atoms with Crippen LogP contribution in [0.15, 0.2) is 72.9 Å². The number of amidine groups is 1. The summed E-state index contributed by atoms with van der Waals surface area (Å²) in [5.41, 5.74) is 8.78. The number of H-pyrrole nitrogens is 1. The zero-order valence-electron chi connectivity index (χ0n) is 20.4. The highest BCUT2D eigenvalue weighted by Crippen LogP contribution is 2.36. The minimum atomic E-state index is -0.763. The van der Waals surface area contributed by atoms with Gasteiger partial charge in [-0.15, -0.1) is 0 Å². The Labute approximate surface area is 215 Å². The third-order valence-corrected chi connectivity index (χ3v) is 6.67. The van der Waals surface area contributed by atoms with Gasteiger partial charge in [0.1, 0.15) is 23.5 Å². The molecule has 37 heavy (non-hydrogen) atoms. The summed E-state index contributed by atoms with van der Waals surface area (Å²) < 4.78 is 22.0. The van der Waals surface area contributed by atoms with Crippen molar-refractivity contribution in [1.29, 1.82) is 5.41 Å². The van der Waals surface area contributed by atoms with Crippen LogP contribution in [0, 0.1) is 11.2 Å². The Morgan fingerprint density at radius 1 is 1.08 bits per heavy atom. The molecule has 6 N–H and O–H groups in total. The molecule has 1 saturated carbocycles. The number of nitrogens with two attached hydrogens (primary N) is 1. The Hall–Kier alpha value is -4.33. The standard InChI is InChI=1S/C29H30FN5O2/c30-26-23(15-21(36)16-25(26)37-22-9-5-2-6-10-22)27(34-20-13-11-19(12-14-20)28(31)32)29-33-17-24(35-29)18-7-3-1-4-8-18/h1,3-4,7-8,11-17,22,27,34,36H,2,5-6,9-10H2,(H3,31,32)(H,33,35). The fraction of sp³-hybridized carbons (Fsp3) is 0.241. The van der Waals surface area contributed by atoms with Crippen LogP contribution in [0.4, 0.5) is 10.1 Å². The number of hydrogen-bond acceptors (Lipinski definition) is 5. The maximum Gasteiger partial charge on any atom is 0.171 e. The number of halogens is 1. The van der Waals surface area contributed by atoms with Gasteiger partial charge in [0.25, 0.3) is 0 Å². The molecule has 0 amide bonds. The smallest absolute Gasteiger partial charge is 0.171 e. The van der Waals surface area contributed by atoms with E-state index in [2.05, 4.69) is 15.3 Å². The Balaban J connectivity index is 1.53. The fourth-order valence-electron chi connectivity index (χ4n) is 4.72. The molecule has 4 aromatic rings. The van der Waals surface area contributed by atoms with Crippen molar-refractivity contribution < 1.29 is 14.2 Å². The van der Waals surface area contributed by atoms with E-state index in [1.807, 2.05) is 30.3 Å². The third-order valence-electron chi connectivity index (χ3n) is 6.67. The van der Waals surface area contributed by atoms with Gasteiger partial charge in [0.15, 0.2) is 11.6 Å². The van der Waals surface area contributed by atoms with E-state index < -0.39 is 11.9 Å². The number of nitrogens with one attached hydrogen (secondary N) is 3. The second-order valence-electron chi connectivity index (χ2n) is 9.34. The van der Waals surface area contributed by atoms with Crippen molar-refractivity contribution in [2.45, 2.75) is 44.2 Å². The normalized spacial score (nSPS) is 14.7. The van der Waals surface area contributed by atoms with Gasteiger partial charge in [-0.05, 0) is 61.6 Å². The molecule has 1 aliphatic carbocycles. The van der Waals surface area contributed by atoms with Crippen molar-refractivity contribution in [2.24, 2.45) is 5.73 Å². The maximum atomic E-state index is 16.0. The number of phenols is 1. The number of phenolic OH excluding ortho intramolecular Hbond substituents is 1. The van der Waals surface area contributed by atoms with E-state index in [4.69, 9.17) is 15.9 Å². The predicted octanol–water partition coefficient (Wildman–Crippen LogP) is 6.12. The zero-order valence-corrected chi connectivity index (χ0v) is 20.4. The van der Waals surface area contributed by atoms with Gasteiger partial charge in [-0.2, -0.15) is 0 Å². The van der Waals surface area contributed by atoms with Crippen LogP contribution >= 0.6 is 0 Å². The molecule has 7 nitrogen and oxygen atoms in total. The lowest BCUT2D eigenvalue weighted by molar-refractivity contribution is 0.148. The molecule has 0 saturated heterocycles. The number of ether oxygens (including phenoxy) is 1. The summed E-state index contributed by atoms with van der Waals surface area (Å²) in [6.45, 7) is 0. The van der Waals surface area contributed by atoms with Crippen molar-refractivity contribution in [3.8, 4) is 22.8 Å². The summed E-state index contributed by atoms with van der Waals surface area (Å²) in [6, 6.07) is 18.7. The molecule has 1 heterocycles. The van der Waals surface area contributed by atoms with Gasteiger partial charge in [0.2, 0.25) is 0 Å². The number of nitrogen functional groups attached to an aromatic ring is 1. The largest absolute Gasteiger partial charge is 0.508 e.